The van der Waals surface area contributed by atoms with E-state index in [-0.39, 0.29) is 18.7 Å². The van der Waals surface area contributed by atoms with Gasteiger partial charge in [0, 0.05) is 26.2 Å². The number of hydrogen-bond acceptors (Lipinski definition) is 7. The molecular formula is C25H49NO8. The quantitative estimate of drug-likeness (QED) is 0.160. The SMILES string of the molecule is CCCCCCCCCCOCCOCCOCCOCCOCCCNC(=O)CCC(=O)O. The molecule has 0 fully saturated rings. The third-order valence-corrected chi connectivity index (χ3v) is 4.98. The van der Waals surface area contributed by atoms with Crippen LogP contribution >= 0.6 is 0 Å². The fourth-order valence-corrected chi connectivity index (χ4v) is 3.03. The van der Waals surface area contributed by atoms with Crippen LogP contribution in [0.3, 0.4) is 0 Å². The molecule has 0 aromatic heterocycles. The minimum absolute atomic E-state index is 0.00599. The van der Waals surface area contributed by atoms with Gasteiger partial charge in [-0.1, -0.05) is 51.9 Å². The van der Waals surface area contributed by atoms with Crippen molar-refractivity contribution in [3.05, 3.63) is 0 Å². The van der Waals surface area contributed by atoms with E-state index < -0.39 is 5.97 Å². The Morgan fingerprint density at radius 1 is 0.559 bits per heavy atom. The molecular weight excluding hydrogens is 442 g/mol. The smallest absolute Gasteiger partial charge is 0.303 e. The Balaban J connectivity index is 3.08. The predicted octanol–water partition coefficient (Wildman–Crippen LogP) is 3.58. The summed E-state index contributed by atoms with van der Waals surface area (Å²) in [5, 5.41) is 11.2. The van der Waals surface area contributed by atoms with E-state index >= 15 is 0 Å². The summed E-state index contributed by atoms with van der Waals surface area (Å²) in [7, 11) is 0. The lowest BCUT2D eigenvalue weighted by atomic mass is 10.1. The van der Waals surface area contributed by atoms with Gasteiger partial charge in [0.25, 0.3) is 0 Å². The van der Waals surface area contributed by atoms with Crippen molar-refractivity contribution in [2.24, 2.45) is 0 Å². The van der Waals surface area contributed by atoms with Gasteiger partial charge < -0.3 is 34.1 Å². The molecule has 0 aliphatic carbocycles. The van der Waals surface area contributed by atoms with Crippen molar-refractivity contribution in [3.63, 3.8) is 0 Å². The predicted molar refractivity (Wildman–Crippen MR) is 131 cm³/mol. The summed E-state index contributed by atoms with van der Waals surface area (Å²) >= 11 is 0. The molecule has 0 saturated heterocycles. The molecule has 1 amide bonds. The van der Waals surface area contributed by atoms with Crippen molar-refractivity contribution in [1.29, 1.82) is 0 Å². The Morgan fingerprint density at radius 2 is 0.971 bits per heavy atom. The molecule has 0 aliphatic heterocycles. The number of nitrogens with one attached hydrogen (secondary N) is 1. The lowest BCUT2D eigenvalue weighted by Crippen LogP contribution is -2.25. The van der Waals surface area contributed by atoms with Crippen molar-refractivity contribution < 1.29 is 38.4 Å². The molecule has 0 rings (SSSR count). The van der Waals surface area contributed by atoms with E-state index in [0.29, 0.717) is 72.4 Å². The van der Waals surface area contributed by atoms with Gasteiger partial charge in [0.1, 0.15) is 0 Å². The van der Waals surface area contributed by atoms with Crippen molar-refractivity contribution in [1.82, 2.24) is 5.32 Å². The first kappa shape index (κ1) is 32.7. The molecule has 0 saturated carbocycles. The average molecular weight is 492 g/mol. The zero-order chi connectivity index (χ0) is 25.0. The molecule has 0 radical (unpaired) electrons. The first-order chi connectivity index (χ1) is 16.7. The molecule has 0 spiro atoms. The van der Waals surface area contributed by atoms with Crippen LogP contribution in [0.2, 0.25) is 0 Å². The van der Waals surface area contributed by atoms with E-state index in [0.717, 1.165) is 13.0 Å². The maximum absolute atomic E-state index is 11.3. The van der Waals surface area contributed by atoms with Crippen LogP contribution in [-0.2, 0) is 33.3 Å². The van der Waals surface area contributed by atoms with Crippen LogP contribution in [0.1, 0.15) is 77.6 Å². The Hall–Kier alpha value is -1.26. The summed E-state index contributed by atoms with van der Waals surface area (Å²) < 4.78 is 27.3. The first-order valence-corrected chi connectivity index (χ1v) is 13.0. The highest BCUT2D eigenvalue weighted by atomic mass is 16.6. The van der Waals surface area contributed by atoms with Crippen LogP contribution < -0.4 is 5.32 Å². The van der Waals surface area contributed by atoms with Gasteiger partial charge in [-0.25, -0.2) is 0 Å². The van der Waals surface area contributed by atoms with Gasteiger partial charge in [-0.2, -0.15) is 0 Å². The Labute approximate surface area is 206 Å². The van der Waals surface area contributed by atoms with Crippen LogP contribution in [0, 0.1) is 0 Å². The van der Waals surface area contributed by atoms with Gasteiger partial charge in [-0.3, -0.25) is 9.59 Å². The molecule has 9 heteroatoms. The largest absolute Gasteiger partial charge is 0.481 e. The highest BCUT2D eigenvalue weighted by Crippen LogP contribution is 2.08. The fraction of sp³-hybridized carbons (Fsp3) is 0.920. The summed E-state index contributed by atoms with van der Waals surface area (Å²) in [4.78, 5) is 21.7. The zero-order valence-corrected chi connectivity index (χ0v) is 21.4. The third-order valence-electron chi connectivity index (χ3n) is 4.98. The minimum atomic E-state index is -0.970. The summed E-state index contributed by atoms with van der Waals surface area (Å²) in [5.74, 6) is -1.22. The number of hydrogen-bond donors (Lipinski definition) is 2. The average Bonchev–Trinajstić information content (AvgIpc) is 2.82. The van der Waals surface area contributed by atoms with Crippen LogP contribution in [0.15, 0.2) is 0 Å². The normalized spacial score (nSPS) is 11.1. The van der Waals surface area contributed by atoms with Gasteiger partial charge in [0.2, 0.25) is 5.91 Å². The van der Waals surface area contributed by atoms with E-state index in [2.05, 4.69) is 12.2 Å². The van der Waals surface area contributed by atoms with E-state index in [4.69, 9.17) is 28.8 Å². The maximum Gasteiger partial charge on any atom is 0.303 e. The monoisotopic (exact) mass is 491 g/mol. The Bertz CT molecular complexity index is 451. The Morgan fingerprint density at radius 3 is 1.44 bits per heavy atom. The third kappa shape index (κ3) is 28.8. The molecule has 0 unspecified atom stereocenters. The number of carbonyl (C=O) groups is 2. The summed E-state index contributed by atoms with van der Waals surface area (Å²) in [6.07, 6.45) is 11.0. The molecule has 0 aromatic carbocycles. The summed E-state index contributed by atoms with van der Waals surface area (Å²) in [5.41, 5.74) is 0. The lowest BCUT2D eigenvalue weighted by Gasteiger charge is -2.08. The molecule has 0 atom stereocenters. The number of amides is 1. The molecule has 9 nitrogen and oxygen atoms in total. The van der Waals surface area contributed by atoms with Crippen molar-refractivity contribution >= 4 is 11.9 Å². The number of ether oxygens (including phenoxy) is 5. The lowest BCUT2D eigenvalue weighted by molar-refractivity contribution is -0.138. The molecule has 2 N–H and O–H groups in total. The summed E-state index contributed by atoms with van der Waals surface area (Å²) in [6, 6.07) is 0. The van der Waals surface area contributed by atoms with Crippen molar-refractivity contribution in [2.75, 3.05) is 72.6 Å². The molecule has 0 aromatic rings. The number of carbonyl (C=O) groups excluding carboxylic acids is 1. The molecule has 0 heterocycles. The number of unbranched alkanes of at least 4 members (excludes halogenated alkanes) is 7. The second-order valence-electron chi connectivity index (χ2n) is 8.13. The Kier molecular flexibility index (Phi) is 26.9. The van der Waals surface area contributed by atoms with Gasteiger partial charge in [0.05, 0.1) is 59.3 Å². The van der Waals surface area contributed by atoms with Crippen molar-refractivity contribution in [3.8, 4) is 0 Å². The molecule has 202 valence electrons. The number of carboxylic acid groups (broad SMARTS) is 1. The second kappa shape index (κ2) is 28.0. The highest BCUT2D eigenvalue weighted by molar-refractivity contribution is 5.80. The second-order valence-corrected chi connectivity index (χ2v) is 8.13. The molecule has 0 aliphatic rings. The maximum atomic E-state index is 11.3. The van der Waals surface area contributed by atoms with Crippen LogP contribution in [0.25, 0.3) is 0 Å². The minimum Gasteiger partial charge on any atom is -0.481 e. The van der Waals surface area contributed by atoms with Gasteiger partial charge >= 0.3 is 5.97 Å². The summed E-state index contributed by atoms with van der Waals surface area (Å²) in [6.45, 7) is 8.37. The van der Waals surface area contributed by atoms with E-state index in [1.165, 1.54) is 44.9 Å². The van der Waals surface area contributed by atoms with Gasteiger partial charge in [-0.05, 0) is 12.8 Å². The van der Waals surface area contributed by atoms with E-state index in [1.54, 1.807) is 0 Å². The van der Waals surface area contributed by atoms with Crippen molar-refractivity contribution in [2.45, 2.75) is 77.6 Å². The standard InChI is InChI=1S/C25H49NO8/c1-2-3-4-5-6-7-8-9-14-30-16-18-32-20-22-34-23-21-33-19-17-31-15-10-13-26-24(27)11-12-25(28)29/h2-23H2,1H3,(H,26,27)(H,28,29). The van der Waals surface area contributed by atoms with Gasteiger partial charge in [0.15, 0.2) is 0 Å². The van der Waals surface area contributed by atoms with E-state index in [1.807, 2.05) is 0 Å². The highest BCUT2D eigenvalue weighted by Gasteiger charge is 2.04. The van der Waals surface area contributed by atoms with E-state index in [9.17, 15) is 9.59 Å². The zero-order valence-electron chi connectivity index (χ0n) is 21.4. The topological polar surface area (TPSA) is 113 Å². The fourth-order valence-electron chi connectivity index (χ4n) is 3.03. The molecule has 34 heavy (non-hydrogen) atoms. The number of rotatable bonds is 28. The first-order valence-electron chi connectivity index (χ1n) is 13.0. The molecule has 0 bridgehead atoms. The van der Waals surface area contributed by atoms with Crippen LogP contribution in [-0.4, -0.2) is 89.6 Å². The van der Waals surface area contributed by atoms with Crippen LogP contribution in [0.5, 0.6) is 0 Å². The van der Waals surface area contributed by atoms with Crippen LogP contribution in [0.4, 0.5) is 0 Å². The van der Waals surface area contributed by atoms with Gasteiger partial charge in [-0.15, -0.1) is 0 Å². The number of aliphatic carboxylic acids is 1. The number of carboxylic acids is 1.